The maximum absolute atomic E-state index is 12.5. The molecule has 0 fully saturated rings. The van der Waals surface area contributed by atoms with E-state index in [2.05, 4.69) is 10.6 Å². The molecule has 0 saturated carbocycles. The van der Waals surface area contributed by atoms with Gasteiger partial charge in [0.1, 0.15) is 18.1 Å². The smallest absolute Gasteiger partial charge is 0.411 e. The predicted molar refractivity (Wildman–Crippen MR) is 114 cm³/mol. The van der Waals surface area contributed by atoms with E-state index in [-0.39, 0.29) is 12.5 Å². The minimum atomic E-state index is -0.593. The lowest BCUT2D eigenvalue weighted by Gasteiger charge is -2.10. The quantitative estimate of drug-likeness (QED) is 0.518. The molecule has 0 heterocycles. The van der Waals surface area contributed by atoms with Crippen molar-refractivity contribution in [2.24, 2.45) is 0 Å². The van der Waals surface area contributed by atoms with Gasteiger partial charge in [0.25, 0.3) is 5.91 Å². The molecule has 2 amide bonds. The molecule has 0 aliphatic rings. The first kappa shape index (κ1) is 20.9. The zero-order valence-electron chi connectivity index (χ0n) is 16.5. The summed E-state index contributed by atoms with van der Waals surface area (Å²) in [4.78, 5) is 24.2. The highest BCUT2D eigenvalue weighted by molar-refractivity contribution is 6.04. The standard InChI is InChI=1S/C23H22N2O5/c1-28-14-15-29-23(27)25-19-7-5-6-18(16-19)24-22(26)17-10-12-21(13-11-17)30-20-8-3-2-4-9-20/h2-13,16H,14-15H2,1H3,(H,24,26)(H,25,27). The summed E-state index contributed by atoms with van der Waals surface area (Å²) < 4.78 is 15.5. The van der Waals surface area contributed by atoms with Crippen LogP contribution in [0.1, 0.15) is 10.4 Å². The van der Waals surface area contributed by atoms with E-state index in [1.54, 1.807) is 48.5 Å². The number of nitrogens with one attached hydrogen (secondary N) is 2. The third kappa shape index (κ3) is 6.35. The van der Waals surface area contributed by atoms with Crippen LogP contribution in [0.15, 0.2) is 78.9 Å². The van der Waals surface area contributed by atoms with E-state index in [9.17, 15) is 9.59 Å². The van der Waals surface area contributed by atoms with Crippen molar-refractivity contribution in [3.8, 4) is 11.5 Å². The Morgan fingerprint density at radius 2 is 1.43 bits per heavy atom. The van der Waals surface area contributed by atoms with Gasteiger partial charge in [-0.2, -0.15) is 0 Å². The van der Waals surface area contributed by atoms with Crippen LogP contribution in [-0.4, -0.2) is 32.3 Å². The molecule has 7 nitrogen and oxygen atoms in total. The molecule has 0 bridgehead atoms. The summed E-state index contributed by atoms with van der Waals surface area (Å²) in [5.41, 5.74) is 1.52. The van der Waals surface area contributed by atoms with Gasteiger partial charge >= 0.3 is 6.09 Å². The van der Waals surface area contributed by atoms with Gasteiger partial charge in [0.05, 0.1) is 6.61 Å². The van der Waals surface area contributed by atoms with Gasteiger partial charge in [0, 0.05) is 24.0 Å². The van der Waals surface area contributed by atoms with Gasteiger partial charge in [-0.25, -0.2) is 4.79 Å². The lowest BCUT2D eigenvalue weighted by molar-refractivity contribution is 0.102. The van der Waals surface area contributed by atoms with E-state index in [1.807, 2.05) is 30.3 Å². The summed E-state index contributed by atoms with van der Waals surface area (Å²) in [5.74, 6) is 1.08. The number of methoxy groups -OCH3 is 1. The molecular weight excluding hydrogens is 384 g/mol. The lowest BCUT2D eigenvalue weighted by Crippen LogP contribution is -2.17. The minimum Gasteiger partial charge on any atom is -0.457 e. The summed E-state index contributed by atoms with van der Waals surface area (Å²) in [6.07, 6.45) is -0.593. The fourth-order valence-electron chi connectivity index (χ4n) is 2.55. The Labute approximate surface area is 174 Å². The van der Waals surface area contributed by atoms with Gasteiger partial charge in [-0.05, 0) is 54.6 Å². The Balaban J connectivity index is 1.57. The van der Waals surface area contributed by atoms with E-state index in [1.165, 1.54) is 7.11 Å². The normalized spacial score (nSPS) is 10.2. The molecule has 154 valence electrons. The van der Waals surface area contributed by atoms with Crippen molar-refractivity contribution in [3.05, 3.63) is 84.4 Å². The Bertz CT molecular complexity index is 974. The average molecular weight is 406 g/mol. The van der Waals surface area contributed by atoms with Gasteiger partial charge in [0.2, 0.25) is 0 Å². The number of hydrogen-bond donors (Lipinski definition) is 2. The molecule has 0 aromatic heterocycles. The van der Waals surface area contributed by atoms with Crippen molar-refractivity contribution >= 4 is 23.4 Å². The van der Waals surface area contributed by atoms with Gasteiger partial charge in [-0.15, -0.1) is 0 Å². The van der Waals surface area contributed by atoms with Crippen LogP contribution in [0.3, 0.4) is 0 Å². The van der Waals surface area contributed by atoms with Crippen LogP contribution >= 0.6 is 0 Å². The highest BCUT2D eigenvalue weighted by Gasteiger charge is 2.08. The van der Waals surface area contributed by atoms with Crippen LogP contribution in [0.5, 0.6) is 11.5 Å². The molecule has 0 atom stereocenters. The van der Waals surface area contributed by atoms with E-state index < -0.39 is 6.09 Å². The molecule has 0 radical (unpaired) electrons. The van der Waals surface area contributed by atoms with Crippen LogP contribution in [0.2, 0.25) is 0 Å². The maximum Gasteiger partial charge on any atom is 0.411 e. The summed E-state index contributed by atoms with van der Waals surface area (Å²) in [5, 5.41) is 5.40. The first-order valence-electron chi connectivity index (χ1n) is 9.31. The van der Waals surface area contributed by atoms with Crippen LogP contribution in [-0.2, 0) is 9.47 Å². The maximum atomic E-state index is 12.5. The largest absolute Gasteiger partial charge is 0.457 e. The molecule has 3 aromatic rings. The number of para-hydroxylation sites is 1. The van der Waals surface area contributed by atoms with Crippen molar-refractivity contribution in [1.29, 1.82) is 0 Å². The topological polar surface area (TPSA) is 85.9 Å². The Morgan fingerprint density at radius 1 is 0.767 bits per heavy atom. The predicted octanol–water partition coefficient (Wildman–Crippen LogP) is 4.93. The number of anilines is 2. The molecule has 0 spiro atoms. The number of ether oxygens (including phenoxy) is 3. The molecule has 3 aromatic carbocycles. The monoisotopic (exact) mass is 406 g/mol. The van der Waals surface area contributed by atoms with Gasteiger partial charge in [0.15, 0.2) is 0 Å². The van der Waals surface area contributed by atoms with Crippen LogP contribution in [0.4, 0.5) is 16.2 Å². The number of rotatable bonds is 8. The van der Waals surface area contributed by atoms with E-state index in [0.29, 0.717) is 29.3 Å². The van der Waals surface area contributed by atoms with Crippen LogP contribution in [0, 0.1) is 0 Å². The molecule has 3 rings (SSSR count). The van der Waals surface area contributed by atoms with Crippen molar-refractivity contribution in [1.82, 2.24) is 0 Å². The Hall–Kier alpha value is -3.84. The number of benzene rings is 3. The first-order chi connectivity index (χ1) is 14.6. The third-order valence-electron chi connectivity index (χ3n) is 3.98. The summed E-state index contributed by atoms with van der Waals surface area (Å²) in [6.45, 7) is 0.474. The van der Waals surface area contributed by atoms with Crippen molar-refractivity contribution < 1.29 is 23.8 Å². The van der Waals surface area contributed by atoms with Crippen molar-refractivity contribution in [2.75, 3.05) is 31.0 Å². The van der Waals surface area contributed by atoms with E-state index in [0.717, 1.165) is 5.75 Å². The minimum absolute atomic E-state index is 0.155. The van der Waals surface area contributed by atoms with Crippen molar-refractivity contribution in [3.63, 3.8) is 0 Å². The van der Waals surface area contributed by atoms with E-state index in [4.69, 9.17) is 14.2 Å². The van der Waals surface area contributed by atoms with Crippen LogP contribution in [0.25, 0.3) is 0 Å². The van der Waals surface area contributed by atoms with E-state index >= 15 is 0 Å². The molecule has 0 aliphatic heterocycles. The second-order valence-electron chi connectivity index (χ2n) is 6.23. The molecule has 0 aliphatic carbocycles. The summed E-state index contributed by atoms with van der Waals surface area (Å²) in [6, 6.07) is 23.0. The first-order valence-corrected chi connectivity index (χ1v) is 9.31. The highest BCUT2D eigenvalue weighted by atomic mass is 16.6. The molecule has 7 heteroatoms. The highest BCUT2D eigenvalue weighted by Crippen LogP contribution is 2.22. The Kier molecular flexibility index (Phi) is 7.40. The van der Waals surface area contributed by atoms with Gasteiger partial charge in [-0.3, -0.25) is 10.1 Å². The molecular formula is C23H22N2O5. The SMILES string of the molecule is COCCOC(=O)Nc1cccc(NC(=O)c2ccc(Oc3ccccc3)cc2)c1. The number of carbonyl (C=O) groups excluding carboxylic acids is 2. The fourth-order valence-corrected chi connectivity index (χ4v) is 2.55. The molecule has 0 saturated heterocycles. The Morgan fingerprint density at radius 3 is 2.13 bits per heavy atom. The second kappa shape index (κ2) is 10.6. The second-order valence-corrected chi connectivity index (χ2v) is 6.23. The lowest BCUT2D eigenvalue weighted by atomic mass is 10.2. The summed E-state index contributed by atoms with van der Waals surface area (Å²) >= 11 is 0. The van der Waals surface area contributed by atoms with Crippen molar-refractivity contribution in [2.45, 2.75) is 0 Å². The zero-order valence-corrected chi connectivity index (χ0v) is 16.5. The summed E-state index contributed by atoms with van der Waals surface area (Å²) in [7, 11) is 1.53. The molecule has 2 N–H and O–H groups in total. The third-order valence-corrected chi connectivity index (χ3v) is 3.98. The number of amides is 2. The fraction of sp³-hybridized carbons (Fsp3) is 0.130. The number of hydrogen-bond acceptors (Lipinski definition) is 5. The zero-order chi connectivity index (χ0) is 21.2. The number of carbonyl (C=O) groups is 2. The van der Waals surface area contributed by atoms with Gasteiger partial charge < -0.3 is 19.5 Å². The van der Waals surface area contributed by atoms with Gasteiger partial charge in [-0.1, -0.05) is 24.3 Å². The van der Waals surface area contributed by atoms with Crippen LogP contribution < -0.4 is 15.4 Å². The molecule has 30 heavy (non-hydrogen) atoms. The molecule has 0 unspecified atom stereocenters. The average Bonchev–Trinajstić information content (AvgIpc) is 2.75.